The van der Waals surface area contributed by atoms with Crippen molar-refractivity contribution >= 4 is 27.2 Å². The van der Waals surface area contributed by atoms with Gasteiger partial charge in [0.25, 0.3) is 5.78 Å². The van der Waals surface area contributed by atoms with E-state index in [1.165, 1.54) is 12.1 Å². The molecule has 0 aliphatic heterocycles. The summed E-state index contributed by atoms with van der Waals surface area (Å²) >= 11 is 0. The second-order valence-corrected chi connectivity index (χ2v) is 9.09. The Morgan fingerprint density at radius 1 is 1.14 bits per heavy atom. The van der Waals surface area contributed by atoms with E-state index in [0.29, 0.717) is 17.3 Å². The fourth-order valence-electron chi connectivity index (χ4n) is 3.09. The van der Waals surface area contributed by atoms with Crippen LogP contribution in [0.4, 0.5) is 5.69 Å². The predicted octanol–water partition coefficient (Wildman–Crippen LogP) is 2.13. The molecule has 0 unspecified atom stereocenters. The summed E-state index contributed by atoms with van der Waals surface area (Å²) in [6.45, 7) is 7.59. The highest BCUT2D eigenvalue weighted by Crippen LogP contribution is 2.21. The van der Waals surface area contributed by atoms with E-state index in [2.05, 4.69) is 15.1 Å². The number of carbonyl (C=O) groups is 1. The molecule has 0 aliphatic carbocycles. The van der Waals surface area contributed by atoms with Crippen LogP contribution in [0.15, 0.2) is 35.2 Å². The SMILES string of the molecule is Cc1cc(C)n2nc(CC(=O)N(c3ccc(S(C)(=O)=O)cc3)C(C)C)nc2n1. The maximum Gasteiger partial charge on any atom is 0.252 e. The number of rotatable bonds is 5. The highest BCUT2D eigenvalue weighted by Gasteiger charge is 2.22. The molecule has 3 rings (SSSR count). The Labute approximate surface area is 164 Å². The van der Waals surface area contributed by atoms with E-state index < -0.39 is 9.84 Å². The largest absolute Gasteiger partial charge is 0.310 e. The molecule has 2 aromatic heterocycles. The number of carbonyl (C=O) groups excluding carboxylic acids is 1. The first-order valence-electron chi connectivity index (χ1n) is 8.88. The molecule has 0 aliphatic rings. The number of anilines is 1. The summed E-state index contributed by atoms with van der Waals surface area (Å²) in [5, 5.41) is 4.39. The zero-order chi connectivity index (χ0) is 20.6. The molecule has 0 fully saturated rings. The summed E-state index contributed by atoms with van der Waals surface area (Å²) < 4.78 is 24.9. The third kappa shape index (κ3) is 4.04. The summed E-state index contributed by atoms with van der Waals surface area (Å²) in [7, 11) is -3.29. The lowest BCUT2D eigenvalue weighted by atomic mass is 10.2. The number of aromatic nitrogens is 4. The fourth-order valence-corrected chi connectivity index (χ4v) is 3.72. The minimum absolute atomic E-state index is 0.0217. The molecular weight excluding hydrogens is 378 g/mol. The maximum atomic E-state index is 13.0. The van der Waals surface area contributed by atoms with Crippen LogP contribution in [0.2, 0.25) is 0 Å². The van der Waals surface area contributed by atoms with Crippen molar-refractivity contribution in [3.8, 4) is 0 Å². The molecule has 0 spiro atoms. The van der Waals surface area contributed by atoms with E-state index >= 15 is 0 Å². The molecule has 28 heavy (non-hydrogen) atoms. The van der Waals surface area contributed by atoms with Gasteiger partial charge in [-0.3, -0.25) is 4.79 Å². The monoisotopic (exact) mass is 401 g/mol. The van der Waals surface area contributed by atoms with Gasteiger partial charge in [-0.25, -0.2) is 17.9 Å². The molecule has 3 aromatic rings. The molecule has 2 heterocycles. The Kier molecular flexibility index (Phi) is 5.20. The lowest BCUT2D eigenvalue weighted by Gasteiger charge is -2.26. The minimum atomic E-state index is -3.29. The maximum absolute atomic E-state index is 13.0. The van der Waals surface area contributed by atoms with Gasteiger partial charge in [-0.2, -0.15) is 4.98 Å². The van der Waals surface area contributed by atoms with Gasteiger partial charge in [-0.05, 0) is 58.0 Å². The van der Waals surface area contributed by atoms with Crippen LogP contribution in [-0.4, -0.2) is 46.2 Å². The van der Waals surface area contributed by atoms with Crippen molar-refractivity contribution in [2.75, 3.05) is 11.2 Å². The molecule has 1 aromatic carbocycles. The summed E-state index contributed by atoms with van der Waals surface area (Å²) in [6, 6.07) is 8.08. The molecule has 0 radical (unpaired) electrons. The topological polar surface area (TPSA) is 97.5 Å². The fraction of sp³-hybridized carbons (Fsp3) is 0.368. The molecular formula is C19H23N5O3S. The minimum Gasteiger partial charge on any atom is -0.310 e. The number of aryl methyl sites for hydroxylation is 2. The standard InChI is InChI=1S/C19H23N5O3S/c1-12(2)23(15-6-8-16(9-7-15)28(5,26)27)18(25)11-17-21-19-20-13(3)10-14(4)24(19)22-17/h6-10,12H,11H2,1-5H3. The van der Waals surface area contributed by atoms with Crippen LogP contribution in [0.25, 0.3) is 5.78 Å². The van der Waals surface area contributed by atoms with Gasteiger partial charge in [0, 0.05) is 29.4 Å². The molecule has 0 N–H and O–H groups in total. The molecule has 0 saturated carbocycles. The molecule has 9 heteroatoms. The van der Waals surface area contributed by atoms with Crippen molar-refractivity contribution in [3.63, 3.8) is 0 Å². The van der Waals surface area contributed by atoms with Gasteiger partial charge in [-0.15, -0.1) is 5.10 Å². The van der Waals surface area contributed by atoms with Gasteiger partial charge in [0.1, 0.15) is 0 Å². The Morgan fingerprint density at radius 3 is 2.36 bits per heavy atom. The first kappa shape index (κ1) is 19.9. The van der Waals surface area contributed by atoms with Crippen LogP contribution in [0.3, 0.4) is 0 Å². The quantitative estimate of drug-likeness (QED) is 0.650. The molecule has 8 nitrogen and oxygen atoms in total. The van der Waals surface area contributed by atoms with Gasteiger partial charge >= 0.3 is 0 Å². The van der Waals surface area contributed by atoms with Crippen molar-refractivity contribution in [1.82, 2.24) is 19.6 Å². The van der Waals surface area contributed by atoms with Gasteiger partial charge in [0.15, 0.2) is 15.7 Å². The van der Waals surface area contributed by atoms with E-state index in [0.717, 1.165) is 17.6 Å². The Morgan fingerprint density at radius 2 is 1.79 bits per heavy atom. The number of amides is 1. The number of benzene rings is 1. The second kappa shape index (κ2) is 7.31. The summed E-state index contributed by atoms with van der Waals surface area (Å²) in [5.41, 5.74) is 2.36. The lowest BCUT2D eigenvalue weighted by molar-refractivity contribution is -0.118. The van der Waals surface area contributed by atoms with E-state index in [9.17, 15) is 13.2 Å². The average molecular weight is 401 g/mol. The highest BCUT2D eigenvalue weighted by atomic mass is 32.2. The van der Waals surface area contributed by atoms with Crippen molar-refractivity contribution in [2.45, 2.75) is 45.1 Å². The molecule has 148 valence electrons. The van der Waals surface area contributed by atoms with Gasteiger partial charge in [0.05, 0.1) is 11.3 Å². The van der Waals surface area contributed by atoms with Crippen molar-refractivity contribution in [2.24, 2.45) is 0 Å². The van der Waals surface area contributed by atoms with Crippen LogP contribution in [0.5, 0.6) is 0 Å². The van der Waals surface area contributed by atoms with Crippen LogP contribution < -0.4 is 4.90 Å². The number of fused-ring (bicyclic) bond motifs is 1. The number of hydrogen-bond donors (Lipinski definition) is 0. The lowest BCUT2D eigenvalue weighted by Crippen LogP contribution is -2.38. The molecule has 0 saturated heterocycles. The third-order valence-corrected chi connectivity index (χ3v) is 5.43. The first-order chi connectivity index (χ1) is 13.1. The normalized spacial score (nSPS) is 11.9. The van der Waals surface area contributed by atoms with E-state index in [1.807, 2.05) is 33.8 Å². The number of sulfone groups is 1. The van der Waals surface area contributed by atoms with Crippen molar-refractivity contribution < 1.29 is 13.2 Å². The third-order valence-electron chi connectivity index (χ3n) is 4.30. The van der Waals surface area contributed by atoms with Crippen LogP contribution in [-0.2, 0) is 21.1 Å². The Hall–Kier alpha value is -2.81. The zero-order valence-corrected chi connectivity index (χ0v) is 17.4. The molecule has 0 bridgehead atoms. The zero-order valence-electron chi connectivity index (χ0n) is 16.5. The van der Waals surface area contributed by atoms with E-state index in [4.69, 9.17) is 0 Å². The number of hydrogen-bond acceptors (Lipinski definition) is 6. The Bertz CT molecular complexity index is 1130. The second-order valence-electron chi connectivity index (χ2n) is 7.08. The smallest absolute Gasteiger partial charge is 0.252 e. The summed E-state index contributed by atoms with van der Waals surface area (Å²) in [4.78, 5) is 23.5. The summed E-state index contributed by atoms with van der Waals surface area (Å²) in [6.07, 6.45) is 1.17. The summed E-state index contributed by atoms with van der Waals surface area (Å²) in [5.74, 6) is 0.686. The van der Waals surface area contributed by atoms with E-state index in [1.54, 1.807) is 21.5 Å². The van der Waals surface area contributed by atoms with Gasteiger partial charge in [0.2, 0.25) is 5.91 Å². The van der Waals surface area contributed by atoms with Crippen LogP contribution in [0.1, 0.15) is 31.1 Å². The predicted molar refractivity (Wildman–Crippen MR) is 106 cm³/mol. The van der Waals surface area contributed by atoms with Crippen LogP contribution >= 0.6 is 0 Å². The highest BCUT2D eigenvalue weighted by molar-refractivity contribution is 7.90. The van der Waals surface area contributed by atoms with Crippen molar-refractivity contribution in [3.05, 3.63) is 47.5 Å². The Balaban J connectivity index is 1.89. The average Bonchev–Trinajstić information content (AvgIpc) is 2.96. The van der Waals surface area contributed by atoms with E-state index in [-0.39, 0.29) is 23.3 Å². The van der Waals surface area contributed by atoms with Crippen LogP contribution in [0, 0.1) is 13.8 Å². The molecule has 1 amide bonds. The van der Waals surface area contributed by atoms with Gasteiger partial charge < -0.3 is 4.90 Å². The van der Waals surface area contributed by atoms with Crippen molar-refractivity contribution in [1.29, 1.82) is 0 Å². The molecule has 0 atom stereocenters. The number of nitrogens with zero attached hydrogens (tertiary/aromatic N) is 5. The first-order valence-corrected chi connectivity index (χ1v) is 10.8. The van der Waals surface area contributed by atoms with Gasteiger partial charge in [-0.1, -0.05) is 0 Å².